The number of esters is 1. The van der Waals surface area contributed by atoms with Crippen LogP contribution in [0.5, 0.6) is 0 Å². The van der Waals surface area contributed by atoms with Crippen LogP contribution in [0.25, 0.3) is 10.9 Å². The zero-order valence-corrected chi connectivity index (χ0v) is 17.4. The number of anilines is 1. The van der Waals surface area contributed by atoms with Gasteiger partial charge in [0.15, 0.2) is 5.78 Å². The van der Waals surface area contributed by atoms with Crippen LogP contribution in [0.4, 0.5) is 5.82 Å². The number of hydrogen-bond acceptors (Lipinski definition) is 6. The molecule has 1 aliphatic rings. The van der Waals surface area contributed by atoms with E-state index in [0.717, 1.165) is 54.2 Å². The van der Waals surface area contributed by atoms with Crippen molar-refractivity contribution in [3.63, 3.8) is 0 Å². The molecule has 7 heteroatoms. The highest BCUT2D eigenvalue weighted by Gasteiger charge is 2.23. The summed E-state index contributed by atoms with van der Waals surface area (Å²) in [7, 11) is 0. The molecule has 3 heterocycles. The second kappa shape index (κ2) is 8.67. The van der Waals surface area contributed by atoms with Gasteiger partial charge in [0.05, 0.1) is 18.7 Å². The van der Waals surface area contributed by atoms with Crippen LogP contribution in [0.2, 0.25) is 0 Å². The third-order valence-corrected chi connectivity index (χ3v) is 5.49. The van der Waals surface area contributed by atoms with Crippen molar-refractivity contribution in [1.29, 1.82) is 0 Å². The maximum Gasteiger partial charge on any atom is 0.339 e. The lowest BCUT2D eigenvalue weighted by Gasteiger charge is -2.35. The van der Waals surface area contributed by atoms with Crippen molar-refractivity contribution in [3.05, 3.63) is 59.4 Å². The van der Waals surface area contributed by atoms with Crippen LogP contribution >= 0.6 is 0 Å². The number of carbonyl (C=O) groups excluding carboxylic acids is 2. The van der Waals surface area contributed by atoms with E-state index in [2.05, 4.69) is 19.8 Å². The van der Waals surface area contributed by atoms with Gasteiger partial charge >= 0.3 is 5.97 Å². The van der Waals surface area contributed by atoms with E-state index in [1.54, 1.807) is 19.2 Å². The summed E-state index contributed by atoms with van der Waals surface area (Å²) < 4.78 is 5.00. The number of piperazine rings is 1. The molecular formula is C23H26N4O3. The molecule has 0 unspecified atom stereocenters. The minimum Gasteiger partial charge on any atom is -0.462 e. The van der Waals surface area contributed by atoms with E-state index < -0.39 is 0 Å². The van der Waals surface area contributed by atoms with Crippen molar-refractivity contribution < 1.29 is 14.3 Å². The van der Waals surface area contributed by atoms with Crippen LogP contribution in [0.1, 0.15) is 33.3 Å². The van der Waals surface area contributed by atoms with E-state index in [1.807, 2.05) is 37.3 Å². The van der Waals surface area contributed by atoms with E-state index in [0.29, 0.717) is 18.7 Å². The molecule has 1 aromatic carbocycles. The summed E-state index contributed by atoms with van der Waals surface area (Å²) in [5.74, 6) is 0.629. The number of aromatic amines is 1. The van der Waals surface area contributed by atoms with Gasteiger partial charge in [-0.25, -0.2) is 9.78 Å². The molecular weight excluding hydrogens is 380 g/mol. The number of aromatic nitrogens is 2. The Morgan fingerprint density at radius 3 is 2.57 bits per heavy atom. The van der Waals surface area contributed by atoms with E-state index in [-0.39, 0.29) is 11.8 Å². The average Bonchev–Trinajstić information content (AvgIpc) is 3.10. The molecule has 156 valence electrons. The van der Waals surface area contributed by atoms with E-state index in [4.69, 9.17) is 4.74 Å². The minimum atomic E-state index is -0.354. The third-order valence-electron chi connectivity index (χ3n) is 5.49. The van der Waals surface area contributed by atoms with Crippen LogP contribution in [0.3, 0.4) is 0 Å². The number of fused-ring (bicyclic) bond motifs is 1. The Hall–Kier alpha value is -3.19. The molecule has 0 radical (unpaired) electrons. The topological polar surface area (TPSA) is 78.5 Å². The minimum absolute atomic E-state index is 0.148. The van der Waals surface area contributed by atoms with Crippen LogP contribution < -0.4 is 4.90 Å². The van der Waals surface area contributed by atoms with Crippen molar-refractivity contribution in [1.82, 2.24) is 14.9 Å². The number of para-hydroxylation sites is 1. The fourth-order valence-electron chi connectivity index (χ4n) is 3.96. The SMILES string of the molecule is CCOC(=O)c1ccc(N2CCN(CC(=O)c3c(C)[nH]c4ccccc34)CC2)nc1. The molecule has 1 fully saturated rings. The summed E-state index contributed by atoms with van der Waals surface area (Å²) in [6.07, 6.45) is 1.56. The van der Waals surface area contributed by atoms with E-state index >= 15 is 0 Å². The van der Waals surface area contributed by atoms with Crippen molar-refractivity contribution in [2.45, 2.75) is 13.8 Å². The number of Topliss-reactive ketones (excluding diaryl/α,β-unsaturated/α-hetero) is 1. The quantitative estimate of drug-likeness (QED) is 0.501. The molecule has 1 N–H and O–H groups in total. The second-order valence-corrected chi connectivity index (χ2v) is 7.48. The Balaban J connectivity index is 1.36. The molecule has 2 aromatic heterocycles. The highest BCUT2D eigenvalue weighted by Crippen LogP contribution is 2.23. The zero-order valence-electron chi connectivity index (χ0n) is 17.4. The van der Waals surface area contributed by atoms with Crippen molar-refractivity contribution in [2.75, 3.05) is 44.2 Å². The van der Waals surface area contributed by atoms with E-state index in [9.17, 15) is 9.59 Å². The lowest BCUT2D eigenvalue weighted by Crippen LogP contribution is -2.48. The number of hydrogen-bond donors (Lipinski definition) is 1. The van der Waals surface area contributed by atoms with Gasteiger partial charge in [-0.15, -0.1) is 0 Å². The Bertz CT molecular complexity index is 1050. The fraction of sp³-hybridized carbons (Fsp3) is 0.348. The Morgan fingerprint density at radius 2 is 1.87 bits per heavy atom. The number of ether oxygens (including phenoxy) is 1. The number of aryl methyl sites for hydroxylation is 1. The van der Waals surface area contributed by atoms with Crippen LogP contribution in [-0.4, -0.2) is 66.0 Å². The molecule has 30 heavy (non-hydrogen) atoms. The van der Waals surface area contributed by atoms with Gasteiger partial charge in [-0.1, -0.05) is 18.2 Å². The zero-order chi connectivity index (χ0) is 21.1. The predicted molar refractivity (Wildman–Crippen MR) is 116 cm³/mol. The lowest BCUT2D eigenvalue weighted by molar-refractivity contribution is 0.0525. The molecule has 0 saturated carbocycles. The molecule has 4 rings (SSSR count). The monoisotopic (exact) mass is 406 g/mol. The number of ketones is 1. The lowest BCUT2D eigenvalue weighted by atomic mass is 10.1. The number of rotatable bonds is 6. The normalized spacial score (nSPS) is 14.8. The number of carbonyl (C=O) groups is 2. The number of pyridine rings is 1. The van der Waals surface area contributed by atoms with Gasteiger partial charge in [-0.2, -0.15) is 0 Å². The van der Waals surface area contributed by atoms with Crippen molar-refractivity contribution in [3.8, 4) is 0 Å². The number of H-pyrrole nitrogens is 1. The standard InChI is InChI=1S/C23H26N4O3/c1-3-30-23(29)17-8-9-21(24-14-17)27-12-10-26(11-13-27)15-20(28)22-16(2)25-19-7-5-4-6-18(19)22/h4-9,14,25H,3,10-13,15H2,1-2H3. The van der Waals surface area contributed by atoms with Crippen LogP contribution in [0, 0.1) is 6.92 Å². The summed E-state index contributed by atoms with van der Waals surface area (Å²) in [6, 6.07) is 11.5. The highest BCUT2D eigenvalue weighted by atomic mass is 16.5. The van der Waals surface area contributed by atoms with Gasteiger partial charge in [0.2, 0.25) is 0 Å². The Morgan fingerprint density at radius 1 is 1.10 bits per heavy atom. The second-order valence-electron chi connectivity index (χ2n) is 7.48. The summed E-state index contributed by atoms with van der Waals surface area (Å²) in [4.78, 5) is 36.8. The summed E-state index contributed by atoms with van der Waals surface area (Å²) in [6.45, 7) is 7.63. The van der Waals surface area contributed by atoms with Gasteiger partial charge in [0.1, 0.15) is 5.82 Å². The Kier molecular flexibility index (Phi) is 5.81. The molecule has 0 amide bonds. The molecule has 0 bridgehead atoms. The molecule has 0 aliphatic carbocycles. The van der Waals surface area contributed by atoms with Gasteiger partial charge in [-0.05, 0) is 32.0 Å². The van der Waals surface area contributed by atoms with E-state index in [1.165, 1.54) is 0 Å². The first-order chi connectivity index (χ1) is 14.6. The maximum absolute atomic E-state index is 13.0. The molecule has 0 atom stereocenters. The number of nitrogens with one attached hydrogen (secondary N) is 1. The van der Waals surface area contributed by atoms with Crippen LogP contribution in [-0.2, 0) is 4.74 Å². The molecule has 0 spiro atoms. The first-order valence-electron chi connectivity index (χ1n) is 10.3. The number of benzene rings is 1. The van der Waals surface area contributed by atoms with Gasteiger partial charge in [0, 0.05) is 54.5 Å². The van der Waals surface area contributed by atoms with Crippen molar-refractivity contribution in [2.24, 2.45) is 0 Å². The average molecular weight is 406 g/mol. The smallest absolute Gasteiger partial charge is 0.339 e. The third kappa shape index (κ3) is 4.07. The summed E-state index contributed by atoms with van der Waals surface area (Å²) in [5.41, 5.74) is 3.18. The Labute approximate surface area is 175 Å². The van der Waals surface area contributed by atoms with Crippen LogP contribution in [0.15, 0.2) is 42.6 Å². The van der Waals surface area contributed by atoms with Gasteiger partial charge in [0.25, 0.3) is 0 Å². The molecule has 7 nitrogen and oxygen atoms in total. The summed E-state index contributed by atoms with van der Waals surface area (Å²) >= 11 is 0. The van der Waals surface area contributed by atoms with Gasteiger partial charge in [-0.3, -0.25) is 9.69 Å². The maximum atomic E-state index is 13.0. The van der Waals surface area contributed by atoms with Crippen molar-refractivity contribution >= 4 is 28.5 Å². The molecule has 1 aliphatic heterocycles. The first-order valence-corrected chi connectivity index (χ1v) is 10.3. The largest absolute Gasteiger partial charge is 0.462 e. The highest BCUT2D eigenvalue weighted by molar-refractivity contribution is 6.10. The fourth-order valence-corrected chi connectivity index (χ4v) is 3.96. The van der Waals surface area contributed by atoms with Gasteiger partial charge < -0.3 is 14.6 Å². The number of nitrogens with zero attached hydrogens (tertiary/aromatic N) is 3. The molecule has 1 saturated heterocycles. The predicted octanol–water partition coefficient (Wildman–Crippen LogP) is 3.05. The molecule has 3 aromatic rings. The summed E-state index contributed by atoms with van der Waals surface area (Å²) in [5, 5.41) is 0.990. The first kappa shape index (κ1) is 20.1.